The highest BCUT2D eigenvalue weighted by molar-refractivity contribution is 7.93. The molecule has 1 N–H and O–H groups in total. The van der Waals surface area contributed by atoms with Crippen LogP contribution in [0.5, 0.6) is 0 Å². The third kappa shape index (κ3) is 3.16. The summed E-state index contributed by atoms with van der Waals surface area (Å²) in [6.45, 7) is 3.61. The number of benzene rings is 3. The molecule has 1 aliphatic rings. The van der Waals surface area contributed by atoms with E-state index in [-0.39, 0.29) is 17.3 Å². The topological polar surface area (TPSA) is 66.5 Å². The van der Waals surface area contributed by atoms with E-state index in [1.807, 2.05) is 50.2 Å². The van der Waals surface area contributed by atoms with Crippen molar-refractivity contribution in [2.24, 2.45) is 0 Å². The van der Waals surface area contributed by atoms with Gasteiger partial charge in [0.15, 0.2) is 0 Å². The first-order chi connectivity index (χ1) is 13.4. The summed E-state index contributed by atoms with van der Waals surface area (Å²) < 4.78 is 27.6. The Kier molecular flexibility index (Phi) is 4.43. The van der Waals surface area contributed by atoms with Crippen LogP contribution in [-0.4, -0.2) is 20.9 Å². The molecule has 1 aliphatic heterocycles. The standard InChI is InChI=1S/C22H20N2O3S/c1-15-11-16(2)13-17(12-15)23-22(25)14-24-20-9-5-3-7-18(20)19-8-4-6-10-21(19)28(24,26)27/h3-13H,14H2,1-2H3,(H,23,25). The van der Waals surface area contributed by atoms with Crippen LogP contribution in [0.15, 0.2) is 71.6 Å². The lowest BCUT2D eigenvalue weighted by atomic mass is 10.0. The number of para-hydroxylation sites is 1. The molecular weight excluding hydrogens is 372 g/mol. The summed E-state index contributed by atoms with van der Waals surface area (Å²) in [4.78, 5) is 12.9. The number of amides is 1. The molecule has 5 nitrogen and oxygen atoms in total. The van der Waals surface area contributed by atoms with Gasteiger partial charge in [-0.1, -0.05) is 42.5 Å². The molecule has 0 radical (unpaired) electrons. The van der Waals surface area contributed by atoms with Crippen molar-refractivity contribution >= 4 is 27.3 Å². The molecule has 6 heteroatoms. The maximum atomic E-state index is 13.2. The fourth-order valence-electron chi connectivity index (χ4n) is 3.63. The van der Waals surface area contributed by atoms with E-state index in [9.17, 15) is 13.2 Å². The van der Waals surface area contributed by atoms with Crippen molar-refractivity contribution in [3.05, 3.63) is 77.9 Å². The average molecular weight is 392 g/mol. The lowest BCUT2D eigenvalue weighted by Crippen LogP contribution is -2.40. The van der Waals surface area contributed by atoms with Gasteiger partial charge in [-0.25, -0.2) is 8.42 Å². The Morgan fingerprint density at radius 2 is 1.50 bits per heavy atom. The summed E-state index contributed by atoms with van der Waals surface area (Å²) in [5, 5.41) is 2.82. The second kappa shape index (κ2) is 6.80. The van der Waals surface area contributed by atoms with Gasteiger partial charge < -0.3 is 5.32 Å². The van der Waals surface area contributed by atoms with E-state index in [4.69, 9.17) is 0 Å². The lowest BCUT2D eigenvalue weighted by molar-refractivity contribution is -0.114. The van der Waals surface area contributed by atoms with Crippen LogP contribution in [0, 0.1) is 13.8 Å². The molecule has 0 bridgehead atoms. The minimum atomic E-state index is -3.83. The van der Waals surface area contributed by atoms with Crippen LogP contribution in [0.3, 0.4) is 0 Å². The molecule has 0 fully saturated rings. The molecule has 0 atom stereocenters. The molecule has 3 aromatic carbocycles. The second-order valence-corrected chi connectivity index (χ2v) is 8.78. The van der Waals surface area contributed by atoms with E-state index < -0.39 is 10.0 Å². The van der Waals surface area contributed by atoms with Crippen LogP contribution in [0.4, 0.5) is 11.4 Å². The Morgan fingerprint density at radius 1 is 0.893 bits per heavy atom. The number of sulfonamides is 1. The fourth-order valence-corrected chi connectivity index (χ4v) is 5.28. The van der Waals surface area contributed by atoms with Gasteiger partial charge in [-0.05, 0) is 49.2 Å². The zero-order chi connectivity index (χ0) is 19.9. The molecule has 4 rings (SSSR count). The summed E-state index contributed by atoms with van der Waals surface area (Å²) >= 11 is 0. The number of rotatable bonds is 3. The van der Waals surface area contributed by atoms with Crippen molar-refractivity contribution in [1.82, 2.24) is 0 Å². The molecule has 28 heavy (non-hydrogen) atoms. The van der Waals surface area contributed by atoms with E-state index in [0.29, 0.717) is 16.9 Å². The number of anilines is 2. The summed E-state index contributed by atoms with van der Waals surface area (Å²) in [6.07, 6.45) is 0. The predicted molar refractivity (Wildman–Crippen MR) is 111 cm³/mol. The van der Waals surface area contributed by atoms with Gasteiger partial charge in [0.25, 0.3) is 10.0 Å². The van der Waals surface area contributed by atoms with Crippen LogP contribution in [0.1, 0.15) is 11.1 Å². The number of carbonyl (C=O) groups excluding carboxylic acids is 1. The largest absolute Gasteiger partial charge is 0.324 e. The van der Waals surface area contributed by atoms with Gasteiger partial charge >= 0.3 is 0 Å². The highest BCUT2D eigenvalue weighted by Crippen LogP contribution is 2.42. The number of hydrogen-bond acceptors (Lipinski definition) is 3. The fraction of sp³-hybridized carbons (Fsp3) is 0.136. The van der Waals surface area contributed by atoms with E-state index in [2.05, 4.69) is 5.32 Å². The van der Waals surface area contributed by atoms with Crippen molar-refractivity contribution in [3.63, 3.8) is 0 Å². The molecule has 1 heterocycles. The summed E-state index contributed by atoms with van der Waals surface area (Å²) in [5.74, 6) is -0.386. The predicted octanol–water partition coefficient (Wildman–Crippen LogP) is 4.12. The number of nitrogens with zero attached hydrogens (tertiary/aromatic N) is 1. The molecular formula is C22H20N2O3S. The van der Waals surface area contributed by atoms with Crippen LogP contribution >= 0.6 is 0 Å². The average Bonchev–Trinajstić information content (AvgIpc) is 2.64. The van der Waals surface area contributed by atoms with Crippen LogP contribution in [-0.2, 0) is 14.8 Å². The maximum Gasteiger partial charge on any atom is 0.265 e. The van der Waals surface area contributed by atoms with E-state index in [1.54, 1.807) is 30.3 Å². The number of carbonyl (C=O) groups is 1. The van der Waals surface area contributed by atoms with Crippen molar-refractivity contribution in [3.8, 4) is 11.1 Å². The molecule has 3 aromatic rings. The van der Waals surface area contributed by atoms with Gasteiger partial charge in [-0.3, -0.25) is 9.10 Å². The Hall–Kier alpha value is -3.12. The molecule has 0 aliphatic carbocycles. The highest BCUT2D eigenvalue weighted by Gasteiger charge is 2.35. The first kappa shape index (κ1) is 18.3. The number of nitrogens with one attached hydrogen (secondary N) is 1. The second-order valence-electron chi connectivity index (χ2n) is 6.95. The van der Waals surface area contributed by atoms with Gasteiger partial charge in [0.1, 0.15) is 6.54 Å². The number of fused-ring (bicyclic) bond motifs is 3. The number of aryl methyl sites for hydroxylation is 2. The Bertz CT molecular complexity index is 1170. The first-order valence-corrected chi connectivity index (χ1v) is 10.4. The third-order valence-electron chi connectivity index (χ3n) is 4.71. The Morgan fingerprint density at radius 3 is 2.21 bits per heavy atom. The van der Waals surface area contributed by atoms with Gasteiger partial charge in [0.2, 0.25) is 5.91 Å². The zero-order valence-electron chi connectivity index (χ0n) is 15.6. The molecule has 1 amide bonds. The van der Waals surface area contributed by atoms with Crippen molar-refractivity contribution < 1.29 is 13.2 Å². The Labute approximate surface area is 164 Å². The first-order valence-electron chi connectivity index (χ1n) is 8.95. The van der Waals surface area contributed by atoms with Gasteiger partial charge in [-0.2, -0.15) is 0 Å². The molecule has 0 spiro atoms. The third-order valence-corrected chi connectivity index (χ3v) is 6.53. The monoisotopic (exact) mass is 392 g/mol. The highest BCUT2D eigenvalue weighted by atomic mass is 32.2. The molecule has 0 unspecified atom stereocenters. The Balaban J connectivity index is 1.70. The van der Waals surface area contributed by atoms with Crippen LogP contribution in [0.25, 0.3) is 11.1 Å². The maximum absolute atomic E-state index is 13.2. The van der Waals surface area contributed by atoms with Crippen LogP contribution in [0.2, 0.25) is 0 Å². The molecule has 0 aromatic heterocycles. The van der Waals surface area contributed by atoms with Crippen molar-refractivity contribution in [2.75, 3.05) is 16.2 Å². The molecule has 142 valence electrons. The SMILES string of the molecule is Cc1cc(C)cc(NC(=O)CN2c3ccccc3-c3ccccc3S2(=O)=O)c1. The summed E-state index contributed by atoms with van der Waals surface area (Å²) in [6, 6.07) is 19.8. The minimum absolute atomic E-state index is 0.216. The van der Waals surface area contributed by atoms with E-state index in [0.717, 1.165) is 16.7 Å². The minimum Gasteiger partial charge on any atom is -0.324 e. The normalized spacial score (nSPS) is 14.1. The molecule has 0 saturated heterocycles. The number of hydrogen-bond donors (Lipinski definition) is 1. The lowest BCUT2D eigenvalue weighted by Gasteiger charge is -2.31. The van der Waals surface area contributed by atoms with E-state index in [1.165, 1.54) is 4.31 Å². The smallest absolute Gasteiger partial charge is 0.265 e. The van der Waals surface area contributed by atoms with Gasteiger partial charge in [0, 0.05) is 16.8 Å². The zero-order valence-corrected chi connectivity index (χ0v) is 16.5. The van der Waals surface area contributed by atoms with Crippen LogP contribution < -0.4 is 9.62 Å². The quantitative estimate of drug-likeness (QED) is 0.729. The van der Waals surface area contributed by atoms with Crippen molar-refractivity contribution in [1.29, 1.82) is 0 Å². The summed E-state index contributed by atoms with van der Waals surface area (Å²) in [7, 11) is -3.83. The van der Waals surface area contributed by atoms with Gasteiger partial charge in [-0.15, -0.1) is 0 Å². The van der Waals surface area contributed by atoms with E-state index >= 15 is 0 Å². The van der Waals surface area contributed by atoms with Crippen molar-refractivity contribution in [2.45, 2.75) is 18.7 Å². The van der Waals surface area contributed by atoms with Gasteiger partial charge in [0.05, 0.1) is 10.6 Å². The summed E-state index contributed by atoms with van der Waals surface area (Å²) in [5.41, 5.74) is 4.68. The molecule has 0 saturated carbocycles.